The van der Waals surface area contributed by atoms with Crippen molar-refractivity contribution in [2.24, 2.45) is 51.8 Å². The molecule has 0 aromatic heterocycles. The predicted octanol–water partition coefficient (Wildman–Crippen LogP) is 6.76. The van der Waals surface area contributed by atoms with Crippen molar-refractivity contribution >= 4 is 18.2 Å². The first-order chi connectivity index (χ1) is 16.9. The molecule has 36 heavy (non-hydrogen) atoms. The van der Waals surface area contributed by atoms with Crippen LogP contribution >= 0.6 is 0 Å². The van der Waals surface area contributed by atoms with E-state index in [1.807, 2.05) is 0 Å². The normalized spacial score (nSPS) is 46.6. The maximum atomic E-state index is 12.6. The summed E-state index contributed by atoms with van der Waals surface area (Å²) in [6.45, 7) is 15.2. The van der Waals surface area contributed by atoms with Crippen LogP contribution in [0, 0.1) is 51.8 Å². The van der Waals surface area contributed by atoms with Crippen LogP contribution in [-0.2, 0) is 23.9 Å². The lowest BCUT2D eigenvalue weighted by atomic mass is 9.36. The van der Waals surface area contributed by atoms with Gasteiger partial charge in [0.05, 0.1) is 0 Å². The molecule has 4 saturated carbocycles. The van der Waals surface area contributed by atoms with Crippen molar-refractivity contribution in [1.29, 1.82) is 0 Å². The maximum Gasteiger partial charge on any atom is 0.302 e. The van der Waals surface area contributed by atoms with Gasteiger partial charge in [0.2, 0.25) is 0 Å². The molecular weight excluding hydrogens is 452 g/mol. The minimum Gasteiger partial charge on any atom is -0.463 e. The highest BCUT2D eigenvalue weighted by Gasteiger charge is 2.71. The van der Waals surface area contributed by atoms with Gasteiger partial charge in [-0.2, -0.15) is 0 Å². The molecule has 0 aromatic carbocycles. The van der Waals surface area contributed by atoms with Crippen LogP contribution in [0.25, 0.3) is 0 Å². The summed E-state index contributed by atoms with van der Waals surface area (Å²) in [6.07, 6.45) is 11.2. The van der Waals surface area contributed by atoms with Crippen LogP contribution in [0.5, 0.6) is 0 Å². The van der Waals surface area contributed by atoms with E-state index in [1.165, 1.54) is 32.6 Å². The van der Waals surface area contributed by atoms with Crippen molar-refractivity contribution < 1.29 is 23.9 Å². The number of hydrogen-bond acceptors (Lipinski definition) is 5. The zero-order valence-corrected chi connectivity index (χ0v) is 23.8. The van der Waals surface area contributed by atoms with Gasteiger partial charge in [-0.05, 0) is 104 Å². The molecule has 5 nitrogen and oxygen atoms in total. The molecule has 4 aliphatic rings. The Morgan fingerprint density at radius 3 is 2.19 bits per heavy atom. The van der Waals surface area contributed by atoms with Gasteiger partial charge >= 0.3 is 11.9 Å². The average Bonchev–Trinajstić information content (AvgIpc) is 3.16. The van der Waals surface area contributed by atoms with Gasteiger partial charge in [0, 0.05) is 25.7 Å². The Bertz CT molecular complexity index is 854. The quantitative estimate of drug-likeness (QED) is 0.284. The molecule has 0 aliphatic heterocycles. The van der Waals surface area contributed by atoms with Crippen molar-refractivity contribution in [3.05, 3.63) is 0 Å². The van der Waals surface area contributed by atoms with Crippen LogP contribution < -0.4 is 0 Å². The molecule has 0 amide bonds. The number of hydrogen-bond donors (Lipinski definition) is 0. The van der Waals surface area contributed by atoms with E-state index in [2.05, 4.69) is 34.6 Å². The molecule has 0 heterocycles. The monoisotopic (exact) mass is 502 g/mol. The molecular formula is C31H50O5. The zero-order chi connectivity index (χ0) is 26.5. The van der Waals surface area contributed by atoms with Crippen LogP contribution in [-0.4, -0.2) is 30.4 Å². The van der Waals surface area contributed by atoms with Gasteiger partial charge in [-0.25, -0.2) is 0 Å². The summed E-state index contributed by atoms with van der Waals surface area (Å²) in [4.78, 5) is 35.5. The van der Waals surface area contributed by atoms with Crippen LogP contribution in [0.1, 0.15) is 113 Å². The highest BCUT2D eigenvalue weighted by molar-refractivity contribution is 5.66. The summed E-state index contributed by atoms with van der Waals surface area (Å²) in [5, 5.41) is 0. The van der Waals surface area contributed by atoms with Gasteiger partial charge in [-0.15, -0.1) is 0 Å². The molecule has 4 aliphatic carbocycles. The lowest BCUT2D eigenvalue weighted by Gasteiger charge is -2.69. The van der Waals surface area contributed by atoms with Crippen LogP contribution in [0.4, 0.5) is 0 Å². The second-order valence-electron chi connectivity index (χ2n) is 13.6. The molecule has 0 saturated heterocycles. The first kappa shape index (κ1) is 27.6. The van der Waals surface area contributed by atoms with E-state index in [9.17, 15) is 14.4 Å². The topological polar surface area (TPSA) is 69.7 Å². The smallest absolute Gasteiger partial charge is 0.302 e. The molecule has 4 fully saturated rings. The second-order valence-corrected chi connectivity index (χ2v) is 13.6. The second kappa shape index (κ2) is 10.1. The molecule has 0 aromatic rings. The summed E-state index contributed by atoms with van der Waals surface area (Å²) in [6, 6.07) is 0. The lowest BCUT2D eigenvalue weighted by Crippen LogP contribution is -2.68. The highest BCUT2D eigenvalue weighted by Crippen LogP contribution is 2.74. The zero-order valence-electron chi connectivity index (χ0n) is 23.8. The van der Waals surface area contributed by atoms with Crippen molar-refractivity contribution in [1.82, 2.24) is 0 Å². The van der Waals surface area contributed by atoms with Gasteiger partial charge in [0.25, 0.3) is 0 Å². The van der Waals surface area contributed by atoms with Crippen LogP contribution in [0.3, 0.4) is 0 Å². The molecule has 11 atom stereocenters. The van der Waals surface area contributed by atoms with Gasteiger partial charge in [0.1, 0.15) is 18.5 Å². The van der Waals surface area contributed by atoms with E-state index in [4.69, 9.17) is 9.47 Å². The number of fused-ring (bicyclic) bond motifs is 5. The van der Waals surface area contributed by atoms with Crippen LogP contribution in [0.2, 0.25) is 0 Å². The minimum atomic E-state index is -0.192. The molecule has 204 valence electrons. The van der Waals surface area contributed by atoms with Gasteiger partial charge < -0.3 is 14.3 Å². The summed E-state index contributed by atoms with van der Waals surface area (Å²) < 4.78 is 12.1. The largest absolute Gasteiger partial charge is 0.463 e. The molecule has 0 spiro atoms. The Labute approximate surface area is 218 Å². The van der Waals surface area contributed by atoms with Gasteiger partial charge in [0.15, 0.2) is 0 Å². The molecule has 5 heteroatoms. The molecule has 4 rings (SSSR count). The standard InChI is InChI=1S/C31H50O5/c1-8-23-25-18-22(35-20(3)33)13-15-30(25,6)27-14-16-29(5)24(19(2)10-9-17-32)11-12-26(29)31(27,7)28(23)36-21(4)34/h17,19,22-28H,8-16,18H2,1-7H3/t19-,22-,23-,24?,25?,26-,27-,28-,29?,30?,31+/m1/s1. The SMILES string of the molecule is CC[C@@H]1C2C[C@H](OC(C)=O)CCC2(C)[C@H]2CCC3(C)C([C@H](C)CCC=O)CC[C@H]3[C@]2(C)[C@@H]1OC(C)=O. The lowest BCUT2D eigenvalue weighted by molar-refractivity contribution is -0.258. The first-order valence-electron chi connectivity index (χ1n) is 14.7. The number of ether oxygens (including phenoxy) is 2. The van der Waals surface area contributed by atoms with Crippen molar-refractivity contribution in [2.45, 2.75) is 125 Å². The van der Waals surface area contributed by atoms with Crippen LogP contribution in [0.15, 0.2) is 0 Å². The summed E-state index contributed by atoms with van der Waals surface area (Å²) >= 11 is 0. The van der Waals surface area contributed by atoms with Crippen molar-refractivity contribution in [3.8, 4) is 0 Å². The molecule has 0 bridgehead atoms. The van der Waals surface area contributed by atoms with E-state index < -0.39 is 0 Å². The number of carbonyl (C=O) groups is 3. The van der Waals surface area contributed by atoms with E-state index in [-0.39, 0.29) is 46.3 Å². The third kappa shape index (κ3) is 4.25. The van der Waals surface area contributed by atoms with Gasteiger partial charge in [-0.1, -0.05) is 34.6 Å². The number of aldehydes is 1. The fourth-order valence-electron chi connectivity index (χ4n) is 10.9. The molecule has 0 N–H and O–H groups in total. The molecule has 4 unspecified atom stereocenters. The number of esters is 2. The van der Waals surface area contributed by atoms with E-state index >= 15 is 0 Å². The third-order valence-electron chi connectivity index (χ3n) is 12.1. The summed E-state index contributed by atoms with van der Waals surface area (Å²) in [5.41, 5.74) is 0.297. The number of rotatable bonds is 7. The predicted molar refractivity (Wildman–Crippen MR) is 140 cm³/mol. The Hall–Kier alpha value is -1.39. The van der Waals surface area contributed by atoms with E-state index in [0.717, 1.165) is 38.4 Å². The Kier molecular flexibility index (Phi) is 7.72. The number of carbonyl (C=O) groups excluding carboxylic acids is 3. The van der Waals surface area contributed by atoms with E-state index in [0.29, 0.717) is 36.0 Å². The van der Waals surface area contributed by atoms with Crippen molar-refractivity contribution in [3.63, 3.8) is 0 Å². The fourth-order valence-corrected chi connectivity index (χ4v) is 10.9. The highest BCUT2D eigenvalue weighted by atomic mass is 16.5. The Morgan fingerprint density at radius 1 is 0.944 bits per heavy atom. The Morgan fingerprint density at radius 2 is 1.58 bits per heavy atom. The summed E-state index contributed by atoms with van der Waals surface area (Å²) in [5.74, 6) is 2.44. The molecule has 0 radical (unpaired) electrons. The summed E-state index contributed by atoms with van der Waals surface area (Å²) in [7, 11) is 0. The van der Waals surface area contributed by atoms with E-state index in [1.54, 1.807) is 6.92 Å². The third-order valence-corrected chi connectivity index (χ3v) is 12.1. The fraction of sp³-hybridized carbons (Fsp3) is 0.903. The van der Waals surface area contributed by atoms with Crippen molar-refractivity contribution in [2.75, 3.05) is 0 Å². The Balaban J connectivity index is 1.75. The first-order valence-corrected chi connectivity index (χ1v) is 14.7. The minimum absolute atomic E-state index is 0.0275. The van der Waals surface area contributed by atoms with Gasteiger partial charge in [-0.3, -0.25) is 9.59 Å². The maximum absolute atomic E-state index is 12.6. The average molecular weight is 503 g/mol.